The van der Waals surface area contributed by atoms with E-state index in [-0.39, 0.29) is 0 Å². The number of hydrogen-bond donors (Lipinski definition) is 2. The van der Waals surface area contributed by atoms with Gasteiger partial charge in [-0.3, -0.25) is 5.10 Å². The summed E-state index contributed by atoms with van der Waals surface area (Å²) in [6.45, 7) is 1.96. The van der Waals surface area contributed by atoms with Crippen molar-refractivity contribution in [3.63, 3.8) is 0 Å². The van der Waals surface area contributed by atoms with E-state index in [1.165, 1.54) is 6.33 Å². The maximum atomic E-state index is 4.08. The first-order valence-corrected chi connectivity index (χ1v) is 4.59. The number of allylic oxidation sites excluding steroid dienone is 1. The molecule has 0 aliphatic rings. The molecule has 0 saturated carbocycles. The van der Waals surface area contributed by atoms with Gasteiger partial charge in [-0.15, -0.1) is 0 Å². The van der Waals surface area contributed by atoms with E-state index in [0.29, 0.717) is 0 Å². The van der Waals surface area contributed by atoms with E-state index in [2.05, 4.69) is 25.5 Å². The van der Waals surface area contributed by atoms with Crippen LogP contribution in [0.3, 0.4) is 0 Å². The number of nitrogens with zero attached hydrogens (tertiary/aromatic N) is 3. The molecule has 2 N–H and O–H groups in total. The van der Waals surface area contributed by atoms with Crippen molar-refractivity contribution >= 4 is 17.7 Å². The average Bonchev–Trinajstić information content (AvgIpc) is 2.68. The second-order valence-corrected chi connectivity index (χ2v) is 2.93. The van der Waals surface area contributed by atoms with E-state index < -0.39 is 0 Å². The monoisotopic (exact) mass is 201 g/mol. The number of aromatic amines is 1. The van der Waals surface area contributed by atoms with Crippen LogP contribution in [-0.4, -0.2) is 20.2 Å². The molecule has 0 bridgehead atoms. The Morgan fingerprint density at radius 3 is 3.07 bits per heavy atom. The molecule has 76 valence electrons. The molecule has 0 spiro atoms. The number of H-pyrrole nitrogens is 1. The first-order valence-electron chi connectivity index (χ1n) is 4.59. The normalized spacial score (nSPS) is 10.7. The lowest BCUT2D eigenvalue weighted by Gasteiger charge is -1.98. The molecule has 5 nitrogen and oxygen atoms in total. The fourth-order valence-corrected chi connectivity index (χ4v) is 1.16. The van der Waals surface area contributed by atoms with Crippen LogP contribution in [0.5, 0.6) is 0 Å². The number of hydrogen-bond acceptors (Lipinski definition) is 4. The average molecular weight is 201 g/mol. The van der Waals surface area contributed by atoms with Gasteiger partial charge in [0.1, 0.15) is 12.1 Å². The highest BCUT2D eigenvalue weighted by Gasteiger charge is 1.98. The smallest absolute Gasteiger partial charge is 0.153 e. The van der Waals surface area contributed by atoms with Gasteiger partial charge in [0.25, 0.3) is 0 Å². The summed E-state index contributed by atoms with van der Waals surface area (Å²) in [7, 11) is 0. The molecule has 0 aliphatic carbocycles. The maximum absolute atomic E-state index is 4.08. The lowest BCUT2D eigenvalue weighted by atomic mass is 10.4. The zero-order valence-corrected chi connectivity index (χ0v) is 8.31. The van der Waals surface area contributed by atoms with Crippen LogP contribution in [0.25, 0.3) is 6.08 Å². The maximum Gasteiger partial charge on any atom is 0.153 e. The van der Waals surface area contributed by atoms with Crippen LogP contribution in [-0.2, 0) is 0 Å². The molecule has 0 radical (unpaired) electrons. The van der Waals surface area contributed by atoms with Gasteiger partial charge in [-0.1, -0.05) is 6.08 Å². The van der Waals surface area contributed by atoms with Crippen LogP contribution in [0.15, 0.2) is 30.7 Å². The third-order valence-electron chi connectivity index (χ3n) is 1.78. The predicted molar refractivity (Wildman–Crippen MR) is 58.6 cm³/mol. The third kappa shape index (κ3) is 2.40. The van der Waals surface area contributed by atoms with Gasteiger partial charge in [0, 0.05) is 12.3 Å². The topological polar surface area (TPSA) is 66.5 Å². The molecule has 0 saturated heterocycles. The zero-order valence-electron chi connectivity index (χ0n) is 8.31. The molecule has 2 aromatic heterocycles. The summed E-state index contributed by atoms with van der Waals surface area (Å²) in [6.07, 6.45) is 7.05. The van der Waals surface area contributed by atoms with Crippen molar-refractivity contribution in [2.24, 2.45) is 0 Å². The molecule has 2 aromatic rings. The lowest BCUT2D eigenvalue weighted by molar-refractivity contribution is 1.07. The van der Waals surface area contributed by atoms with E-state index in [1.54, 1.807) is 12.3 Å². The quantitative estimate of drug-likeness (QED) is 0.796. The summed E-state index contributed by atoms with van der Waals surface area (Å²) < 4.78 is 0. The summed E-state index contributed by atoms with van der Waals surface area (Å²) in [5.41, 5.74) is 0.953. The Balaban J connectivity index is 2.11. The van der Waals surface area contributed by atoms with E-state index in [4.69, 9.17) is 0 Å². The largest absolute Gasteiger partial charge is 0.323 e. The van der Waals surface area contributed by atoms with Gasteiger partial charge >= 0.3 is 0 Å². The van der Waals surface area contributed by atoms with Crippen LogP contribution in [0.4, 0.5) is 11.6 Å². The second-order valence-electron chi connectivity index (χ2n) is 2.93. The van der Waals surface area contributed by atoms with Crippen LogP contribution < -0.4 is 5.32 Å². The summed E-state index contributed by atoms with van der Waals surface area (Å²) >= 11 is 0. The first kappa shape index (κ1) is 9.39. The van der Waals surface area contributed by atoms with Crippen molar-refractivity contribution in [1.29, 1.82) is 0 Å². The van der Waals surface area contributed by atoms with Crippen LogP contribution in [0, 0.1) is 0 Å². The minimum atomic E-state index is 0.725. The first-order chi connectivity index (χ1) is 7.38. The van der Waals surface area contributed by atoms with E-state index in [9.17, 15) is 0 Å². The molecular weight excluding hydrogens is 190 g/mol. The molecule has 5 heteroatoms. The molecule has 2 rings (SSSR count). The highest BCUT2D eigenvalue weighted by atomic mass is 15.2. The van der Waals surface area contributed by atoms with E-state index >= 15 is 0 Å². The fraction of sp³-hybridized carbons (Fsp3) is 0.100. The van der Waals surface area contributed by atoms with Crippen LogP contribution in [0.1, 0.15) is 12.6 Å². The number of anilines is 2. The third-order valence-corrected chi connectivity index (χ3v) is 1.78. The van der Waals surface area contributed by atoms with Crippen molar-refractivity contribution in [3.8, 4) is 0 Å². The van der Waals surface area contributed by atoms with Gasteiger partial charge in [-0.2, -0.15) is 5.10 Å². The fourth-order valence-electron chi connectivity index (χ4n) is 1.16. The van der Waals surface area contributed by atoms with Gasteiger partial charge in [0.15, 0.2) is 5.82 Å². The number of aromatic nitrogens is 4. The molecule has 0 unspecified atom stereocenters. The van der Waals surface area contributed by atoms with E-state index in [0.717, 1.165) is 17.3 Å². The molecule has 0 amide bonds. The van der Waals surface area contributed by atoms with Crippen molar-refractivity contribution in [2.45, 2.75) is 6.92 Å². The van der Waals surface area contributed by atoms with E-state index in [1.807, 2.05) is 25.1 Å². The summed E-state index contributed by atoms with van der Waals surface area (Å²) in [4.78, 5) is 7.87. The van der Waals surface area contributed by atoms with Crippen molar-refractivity contribution in [2.75, 3.05) is 5.32 Å². The van der Waals surface area contributed by atoms with Crippen LogP contribution in [0.2, 0.25) is 0 Å². The molecule has 15 heavy (non-hydrogen) atoms. The number of nitrogens with one attached hydrogen (secondary N) is 2. The molecule has 0 fully saturated rings. The Morgan fingerprint density at radius 1 is 1.40 bits per heavy atom. The summed E-state index contributed by atoms with van der Waals surface area (Å²) in [5.74, 6) is 1.46. The molecular formula is C10H11N5. The van der Waals surface area contributed by atoms with Gasteiger partial charge in [-0.05, 0) is 19.1 Å². The van der Waals surface area contributed by atoms with Gasteiger partial charge in [0.05, 0.1) is 5.69 Å². The minimum absolute atomic E-state index is 0.725. The molecule has 2 heterocycles. The van der Waals surface area contributed by atoms with Crippen LogP contribution >= 0.6 is 0 Å². The number of rotatable bonds is 3. The lowest BCUT2D eigenvalue weighted by Crippen LogP contribution is -1.93. The Hall–Kier alpha value is -2.17. The standard InChI is InChI=1S/C10H11N5/c1-2-3-8-6-10(15-14-8)13-9-4-5-11-7-12-9/h2-7H,1H3,(H2,11,12,13,14,15). The second kappa shape index (κ2) is 4.36. The minimum Gasteiger partial charge on any atom is -0.323 e. The van der Waals surface area contributed by atoms with Crippen molar-refractivity contribution in [3.05, 3.63) is 36.4 Å². The summed E-state index contributed by atoms with van der Waals surface area (Å²) in [5, 5.41) is 10.0. The van der Waals surface area contributed by atoms with Crippen molar-refractivity contribution < 1.29 is 0 Å². The Kier molecular flexibility index (Phi) is 2.73. The molecule has 0 aromatic carbocycles. The Morgan fingerprint density at radius 2 is 2.33 bits per heavy atom. The molecule has 0 atom stereocenters. The Bertz CT molecular complexity index is 446. The predicted octanol–water partition coefficient (Wildman–Crippen LogP) is 1.98. The highest BCUT2D eigenvalue weighted by Crippen LogP contribution is 2.12. The Labute approximate surface area is 87.3 Å². The molecule has 0 aliphatic heterocycles. The zero-order chi connectivity index (χ0) is 10.5. The van der Waals surface area contributed by atoms with Gasteiger partial charge in [0.2, 0.25) is 0 Å². The van der Waals surface area contributed by atoms with Crippen molar-refractivity contribution in [1.82, 2.24) is 20.2 Å². The van der Waals surface area contributed by atoms with Gasteiger partial charge in [-0.25, -0.2) is 9.97 Å². The van der Waals surface area contributed by atoms with Gasteiger partial charge < -0.3 is 5.32 Å². The summed E-state index contributed by atoms with van der Waals surface area (Å²) in [6, 6.07) is 3.69. The SMILES string of the molecule is CC=Cc1cc(Nc2ccncn2)n[nH]1. The highest BCUT2D eigenvalue weighted by molar-refractivity contribution is 5.56.